The van der Waals surface area contributed by atoms with Crippen LogP contribution >= 0.6 is 24.0 Å². The van der Waals surface area contributed by atoms with E-state index in [1.807, 2.05) is 0 Å². The van der Waals surface area contributed by atoms with Gasteiger partial charge in [0.2, 0.25) is 5.91 Å². The van der Waals surface area contributed by atoms with E-state index in [4.69, 9.17) is 22.1 Å². The largest absolute Gasteiger partial charge is 0.482 e. The first-order valence-electron chi connectivity index (χ1n) is 8.27. The van der Waals surface area contributed by atoms with Gasteiger partial charge in [-0.05, 0) is 30.9 Å². The van der Waals surface area contributed by atoms with Crippen molar-refractivity contribution in [3.63, 3.8) is 0 Å². The van der Waals surface area contributed by atoms with Gasteiger partial charge in [-0.3, -0.25) is 9.59 Å². The van der Waals surface area contributed by atoms with Crippen LogP contribution in [0.3, 0.4) is 0 Å². The summed E-state index contributed by atoms with van der Waals surface area (Å²) in [6.45, 7) is 0.478. The smallest absolute Gasteiger partial charge is 0.262 e. The molecule has 1 heterocycles. The van der Waals surface area contributed by atoms with Gasteiger partial charge in [0, 0.05) is 12.5 Å². The van der Waals surface area contributed by atoms with Gasteiger partial charge >= 0.3 is 0 Å². The molecule has 0 spiro atoms. The maximum atomic E-state index is 12.5. The van der Waals surface area contributed by atoms with Crippen molar-refractivity contribution < 1.29 is 14.3 Å². The summed E-state index contributed by atoms with van der Waals surface area (Å²) in [6, 6.07) is 3.23. The summed E-state index contributed by atoms with van der Waals surface area (Å²) in [4.78, 5) is 23.8. The standard InChI is InChI=1S/C17H22ClN3O3.ClH/c18-11-6-13-14(24-9-16(23)21-13)7-12(11)20-15(22)8-17(10-19)4-2-1-3-5-17;/h6-7H,1-5,8-10,19H2,(H,20,22)(H,21,23);1H. The lowest BCUT2D eigenvalue weighted by atomic mass is 9.71. The van der Waals surface area contributed by atoms with Crippen LogP contribution in [0.15, 0.2) is 12.1 Å². The number of ether oxygens (including phenoxy) is 1. The fraction of sp³-hybridized carbons (Fsp3) is 0.529. The van der Waals surface area contributed by atoms with Gasteiger partial charge in [-0.2, -0.15) is 0 Å². The van der Waals surface area contributed by atoms with Crippen LogP contribution in [0.2, 0.25) is 5.02 Å². The number of amides is 2. The Hall–Kier alpha value is -1.50. The molecule has 138 valence electrons. The molecule has 0 unspecified atom stereocenters. The lowest BCUT2D eigenvalue weighted by Crippen LogP contribution is -2.36. The minimum atomic E-state index is -0.225. The van der Waals surface area contributed by atoms with Crippen molar-refractivity contribution in [1.82, 2.24) is 0 Å². The summed E-state index contributed by atoms with van der Waals surface area (Å²) in [5.74, 6) is 0.182. The number of halogens is 2. The molecule has 0 radical (unpaired) electrons. The predicted octanol–water partition coefficient (Wildman–Crippen LogP) is 3.33. The van der Waals surface area contributed by atoms with Crippen molar-refractivity contribution in [1.29, 1.82) is 0 Å². The van der Waals surface area contributed by atoms with Crippen molar-refractivity contribution in [2.75, 3.05) is 23.8 Å². The number of benzene rings is 1. The molecular weight excluding hydrogens is 365 g/mol. The summed E-state index contributed by atoms with van der Waals surface area (Å²) in [5.41, 5.74) is 6.84. The molecule has 1 aromatic carbocycles. The van der Waals surface area contributed by atoms with Crippen LogP contribution in [0.1, 0.15) is 38.5 Å². The van der Waals surface area contributed by atoms with Gasteiger partial charge < -0.3 is 21.1 Å². The molecule has 1 aromatic rings. The minimum absolute atomic E-state index is 0. The number of hydrogen-bond donors (Lipinski definition) is 3. The van der Waals surface area contributed by atoms with E-state index in [-0.39, 0.29) is 36.2 Å². The number of nitrogens with one attached hydrogen (secondary N) is 2. The fourth-order valence-corrected chi connectivity index (χ4v) is 3.70. The highest BCUT2D eigenvalue weighted by Gasteiger charge is 2.33. The molecule has 4 N–H and O–H groups in total. The molecule has 1 saturated carbocycles. The second kappa shape index (κ2) is 8.25. The predicted molar refractivity (Wildman–Crippen MR) is 101 cm³/mol. The molecule has 6 nitrogen and oxygen atoms in total. The number of hydrogen-bond acceptors (Lipinski definition) is 4. The van der Waals surface area contributed by atoms with Crippen LogP contribution in [0.4, 0.5) is 11.4 Å². The summed E-state index contributed by atoms with van der Waals surface area (Å²) < 4.78 is 5.36. The first-order valence-corrected chi connectivity index (χ1v) is 8.65. The lowest BCUT2D eigenvalue weighted by molar-refractivity contribution is -0.119. The zero-order chi connectivity index (χ0) is 17.2. The molecule has 2 amide bonds. The Balaban J connectivity index is 0.00000225. The third-order valence-electron chi connectivity index (χ3n) is 4.86. The van der Waals surface area contributed by atoms with Gasteiger partial charge in [0.25, 0.3) is 5.91 Å². The van der Waals surface area contributed by atoms with Crippen LogP contribution in [-0.2, 0) is 9.59 Å². The Morgan fingerprint density at radius 3 is 2.72 bits per heavy atom. The van der Waals surface area contributed by atoms with E-state index >= 15 is 0 Å². The molecular formula is C17H23Cl2N3O3. The zero-order valence-corrected chi connectivity index (χ0v) is 15.5. The van der Waals surface area contributed by atoms with Gasteiger partial charge in [0.05, 0.1) is 16.4 Å². The van der Waals surface area contributed by atoms with E-state index in [1.54, 1.807) is 12.1 Å². The molecule has 1 aliphatic heterocycles. The van der Waals surface area contributed by atoms with Crippen molar-refractivity contribution in [2.45, 2.75) is 38.5 Å². The van der Waals surface area contributed by atoms with Crippen molar-refractivity contribution >= 4 is 47.2 Å². The third-order valence-corrected chi connectivity index (χ3v) is 5.17. The molecule has 2 aliphatic rings. The average Bonchev–Trinajstić information content (AvgIpc) is 2.56. The van der Waals surface area contributed by atoms with Crippen LogP contribution in [0.25, 0.3) is 0 Å². The molecule has 3 rings (SSSR count). The lowest BCUT2D eigenvalue weighted by Gasteiger charge is -2.35. The first kappa shape index (κ1) is 19.8. The topological polar surface area (TPSA) is 93.5 Å². The second-order valence-corrected chi connectivity index (χ2v) is 7.06. The Morgan fingerprint density at radius 2 is 2.04 bits per heavy atom. The molecule has 0 aromatic heterocycles. The highest BCUT2D eigenvalue weighted by atomic mass is 35.5. The maximum absolute atomic E-state index is 12.5. The van der Waals surface area contributed by atoms with E-state index in [0.29, 0.717) is 35.1 Å². The molecule has 8 heteroatoms. The highest BCUT2D eigenvalue weighted by molar-refractivity contribution is 6.34. The first-order chi connectivity index (χ1) is 11.5. The summed E-state index contributed by atoms with van der Waals surface area (Å²) in [5, 5.41) is 5.90. The van der Waals surface area contributed by atoms with E-state index in [9.17, 15) is 9.59 Å². The number of fused-ring (bicyclic) bond motifs is 1. The summed E-state index contributed by atoms with van der Waals surface area (Å²) >= 11 is 6.22. The summed E-state index contributed by atoms with van der Waals surface area (Å²) in [7, 11) is 0. The maximum Gasteiger partial charge on any atom is 0.262 e. The number of nitrogens with two attached hydrogens (primary N) is 1. The van der Waals surface area contributed by atoms with Crippen LogP contribution < -0.4 is 21.1 Å². The zero-order valence-electron chi connectivity index (χ0n) is 13.9. The fourth-order valence-electron chi connectivity index (χ4n) is 3.49. The normalized spacial score (nSPS) is 18.2. The Labute approximate surface area is 158 Å². The van der Waals surface area contributed by atoms with Crippen molar-refractivity contribution in [3.05, 3.63) is 17.2 Å². The summed E-state index contributed by atoms with van der Waals surface area (Å²) in [6.07, 6.45) is 5.83. The quantitative estimate of drug-likeness (QED) is 0.738. The monoisotopic (exact) mass is 387 g/mol. The van der Waals surface area contributed by atoms with Crippen molar-refractivity contribution in [3.8, 4) is 5.75 Å². The number of rotatable bonds is 4. The number of carbonyl (C=O) groups is 2. The SMILES string of the molecule is Cl.NCC1(CC(=O)Nc2cc3c(cc2Cl)NC(=O)CO3)CCCCC1. The van der Waals surface area contributed by atoms with Gasteiger partial charge in [-0.25, -0.2) is 0 Å². The molecule has 0 bridgehead atoms. The third kappa shape index (κ3) is 4.57. The van der Waals surface area contributed by atoms with Crippen LogP contribution in [0.5, 0.6) is 5.75 Å². The van der Waals surface area contributed by atoms with E-state index in [1.165, 1.54) is 6.42 Å². The molecule has 25 heavy (non-hydrogen) atoms. The number of anilines is 2. The van der Waals surface area contributed by atoms with Crippen molar-refractivity contribution in [2.24, 2.45) is 11.1 Å². The van der Waals surface area contributed by atoms with E-state index in [2.05, 4.69) is 10.6 Å². The Morgan fingerprint density at radius 1 is 1.32 bits per heavy atom. The molecule has 1 fully saturated rings. The Kier molecular flexibility index (Phi) is 6.54. The van der Waals surface area contributed by atoms with Gasteiger partial charge in [-0.1, -0.05) is 30.9 Å². The van der Waals surface area contributed by atoms with Gasteiger partial charge in [-0.15, -0.1) is 12.4 Å². The number of carbonyl (C=O) groups excluding carboxylic acids is 2. The van der Waals surface area contributed by atoms with Gasteiger partial charge in [0.1, 0.15) is 5.75 Å². The van der Waals surface area contributed by atoms with E-state index in [0.717, 1.165) is 25.7 Å². The molecule has 0 atom stereocenters. The highest BCUT2D eigenvalue weighted by Crippen LogP contribution is 2.40. The van der Waals surface area contributed by atoms with Gasteiger partial charge in [0.15, 0.2) is 6.61 Å². The van der Waals surface area contributed by atoms with Crippen LogP contribution in [-0.4, -0.2) is 25.0 Å². The average molecular weight is 388 g/mol. The molecule has 0 saturated heterocycles. The van der Waals surface area contributed by atoms with E-state index < -0.39 is 0 Å². The molecule has 1 aliphatic carbocycles. The van der Waals surface area contributed by atoms with Crippen LogP contribution in [0, 0.1) is 5.41 Å². The minimum Gasteiger partial charge on any atom is -0.482 e. The second-order valence-electron chi connectivity index (χ2n) is 6.65. The Bertz CT molecular complexity index is 661.